The van der Waals surface area contributed by atoms with Crippen LogP contribution in [0.3, 0.4) is 0 Å². The molecule has 0 radical (unpaired) electrons. The van der Waals surface area contributed by atoms with E-state index < -0.39 is 7.12 Å². The molecule has 0 atom stereocenters. The summed E-state index contributed by atoms with van der Waals surface area (Å²) in [4.78, 5) is 0. The van der Waals surface area contributed by atoms with E-state index in [2.05, 4.69) is 42.5 Å². The van der Waals surface area contributed by atoms with Crippen molar-refractivity contribution in [2.45, 2.75) is 0 Å². The molecule has 0 saturated carbocycles. The zero-order valence-electron chi connectivity index (χ0n) is 14.8. The van der Waals surface area contributed by atoms with E-state index in [0.29, 0.717) is 5.46 Å². The average molecular weight is 350 g/mol. The molecule has 4 aromatic rings. The molecule has 0 unspecified atom stereocenters. The van der Waals surface area contributed by atoms with Gasteiger partial charge in [0.25, 0.3) is 0 Å². The predicted molar refractivity (Wildman–Crippen MR) is 113 cm³/mol. The molecular formula is C24H19BO2. The van der Waals surface area contributed by atoms with Gasteiger partial charge in [0, 0.05) is 0 Å². The molecule has 0 aliphatic carbocycles. The molecule has 2 nitrogen and oxygen atoms in total. The molecule has 2 N–H and O–H groups in total. The van der Waals surface area contributed by atoms with Crippen molar-refractivity contribution in [3.8, 4) is 33.4 Å². The number of hydrogen-bond acceptors (Lipinski definition) is 2. The molecular weight excluding hydrogens is 331 g/mol. The molecule has 27 heavy (non-hydrogen) atoms. The molecule has 0 bridgehead atoms. The van der Waals surface area contributed by atoms with Crippen LogP contribution in [0.15, 0.2) is 103 Å². The number of benzene rings is 4. The van der Waals surface area contributed by atoms with E-state index in [1.807, 2.05) is 54.6 Å². The van der Waals surface area contributed by atoms with Crippen LogP contribution in [0.4, 0.5) is 0 Å². The third-order valence-corrected chi connectivity index (χ3v) is 4.74. The van der Waals surface area contributed by atoms with Gasteiger partial charge in [-0.05, 0) is 44.9 Å². The lowest BCUT2D eigenvalue weighted by Crippen LogP contribution is -2.31. The Morgan fingerprint density at radius 2 is 1.00 bits per heavy atom. The fraction of sp³-hybridized carbons (Fsp3) is 0. The second-order valence-electron chi connectivity index (χ2n) is 6.45. The fourth-order valence-corrected chi connectivity index (χ4v) is 3.43. The van der Waals surface area contributed by atoms with Gasteiger partial charge in [-0.25, -0.2) is 0 Å². The Labute approximate surface area is 159 Å². The molecule has 0 heterocycles. The largest absolute Gasteiger partial charge is 0.489 e. The first-order chi connectivity index (χ1) is 13.2. The van der Waals surface area contributed by atoms with Gasteiger partial charge in [-0.2, -0.15) is 0 Å². The highest BCUT2D eigenvalue weighted by Gasteiger charge is 2.18. The molecule has 0 fully saturated rings. The molecule has 130 valence electrons. The van der Waals surface area contributed by atoms with Gasteiger partial charge < -0.3 is 10.0 Å². The summed E-state index contributed by atoms with van der Waals surface area (Å²) >= 11 is 0. The Morgan fingerprint density at radius 3 is 1.74 bits per heavy atom. The van der Waals surface area contributed by atoms with E-state index in [-0.39, 0.29) is 0 Å². The first kappa shape index (κ1) is 17.3. The highest BCUT2D eigenvalue weighted by Crippen LogP contribution is 2.33. The van der Waals surface area contributed by atoms with Crippen LogP contribution in [0.2, 0.25) is 0 Å². The summed E-state index contributed by atoms with van der Waals surface area (Å²) in [6, 6.07) is 34.2. The number of rotatable bonds is 4. The fourth-order valence-electron chi connectivity index (χ4n) is 3.43. The van der Waals surface area contributed by atoms with E-state index in [4.69, 9.17) is 0 Å². The predicted octanol–water partition coefficient (Wildman–Crippen LogP) is 4.37. The van der Waals surface area contributed by atoms with Crippen molar-refractivity contribution >= 4 is 12.6 Å². The monoisotopic (exact) mass is 350 g/mol. The third-order valence-electron chi connectivity index (χ3n) is 4.74. The molecule has 0 aliphatic heterocycles. The van der Waals surface area contributed by atoms with E-state index >= 15 is 0 Å². The summed E-state index contributed by atoms with van der Waals surface area (Å²) in [6.07, 6.45) is 0. The van der Waals surface area contributed by atoms with E-state index in [9.17, 15) is 10.0 Å². The summed E-state index contributed by atoms with van der Waals surface area (Å²) < 4.78 is 0. The Morgan fingerprint density at radius 1 is 0.444 bits per heavy atom. The van der Waals surface area contributed by atoms with Gasteiger partial charge >= 0.3 is 7.12 Å². The van der Waals surface area contributed by atoms with E-state index in [1.165, 1.54) is 5.56 Å². The third kappa shape index (κ3) is 3.56. The standard InChI is InChI=1S/C24H19BO2/c26-25(27)24-16-7-6-15-23(24)22-14-5-4-13-21(22)20-12-8-11-19(17-20)18-9-2-1-3-10-18/h1-17,26-27H. The molecule has 0 amide bonds. The Hall–Kier alpha value is -3.14. The minimum Gasteiger partial charge on any atom is -0.423 e. The lowest BCUT2D eigenvalue weighted by molar-refractivity contribution is 0.426. The van der Waals surface area contributed by atoms with Gasteiger partial charge in [0.15, 0.2) is 0 Å². The maximum Gasteiger partial charge on any atom is 0.489 e. The van der Waals surface area contributed by atoms with Crippen molar-refractivity contribution in [1.82, 2.24) is 0 Å². The van der Waals surface area contributed by atoms with Gasteiger partial charge in [0.1, 0.15) is 0 Å². The molecule has 4 rings (SSSR count). The molecule has 0 aliphatic rings. The molecule has 0 spiro atoms. The number of hydrogen-bond donors (Lipinski definition) is 2. The lowest BCUT2D eigenvalue weighted by Gasteiger charge is -2.14. The Kier molecular flexibility index (Phi) is 4.88. The van der Waals surface area contributed by atoms with Gasteiger partial charge in [-0.3, -0.25) is 0 Å². The van der Waals surface area contributed by atoms with Crippen LogP contribution in [-0.2, 0) is 0 Å². The molecule has 0 aromatic heterocycles. The maximum atomic E-state index is 9.78. The molecule has 3 heteroatoms. The average Bonchev–Trinajstić information content (AvgIpc) is 2.74. The zero-order chi connectivity index (χ0) is 18.6. The van der Waals surface area contributed by atoms with E-state index in [1.54, 1.807) is 6.07 Å². The van der Waals surface area contributed by atoms with E-state index in [0.717, 1.165) is 27.8 Å². The minimum atomic E-state index is -1.51. The quantitative estimate of drug-likeness (QED) is 0.537. The summed E-state index contributed by atoms with van der Waals surface area (Å²) in [5.41, 5.74) is 6.78. The second-order valence-corrected chi connectivity index (χ2v) is 6.45. The van der Waals surface area contributed by atoms with Crippen molar-refractivity contribution in [2.24, 2.45) is 0 Å². The Bertz CT molecular complexity index is 1060. The molecule has 0 saturated heterocycles. The first-order valence-corrected chi connectivity index (χ1v) is 8.94. The van der Waals surface area contributed by atoms with Crippen molar-refractivity contribution < 1.29 is 10.0 Å². The SMILES string of the molecule is OB(O)c1ccccc1-c1ccccc1-c1cccc(-c2ccccc2)c1. The van der Waals surface area contributed by atoms with Crippen LogP contribution in [0.1, 0.15) is 0 Å². The van der Waals surface area contributed by atoms with Gasteiger partial charge in [0.05, 0.1) is 0 Å². The maximum absolute atomic E-state index is 9.78. The van der Waals surface area contributed by atoms with Crippen LogP contribution in [0.25, 0.3) is 33.4 Å². The minimum absolute atomic E-state index is 0.504. The van der Waals surface area contributed by atoms with Gasteiger partial charge in [-0.1, -0.05) is 97.1 Å². The van der Waals surface area contributed by atoms with Crippen molar-refractivity contribution in [2.75, 3.05) is 0 Å². The van der Waals surface area contributed by atoms with Crippen LogP contribution in [-0.4, -0.2) is 17.2 Å². The Balaban J connectivity index is 1.86. The van der Waals surface area contributed by atoms with Gasteiger partial charge in [0.2, 0.25) is 0 Å². The smallest absolute Gasteiger partial charge is 0.423 e. The van der Waals surface area contributed by atoms with Gasteiger partial charge in [-0.15, -0.1) is 0 Å². The normalized spacial score (nSPS) is 10.6. The van der Waals surface area contributed by atoms with Crippen LogP contribution < -0.4 is 5.46 Å². The second kappa shape index (κ2) is 7.62. The topological polar surface area (TPSA) is 40.5 Å². The zero-order valence-corrected chi connectivity index (χ0v) is 14.8. The van der Waals surface area contributed by atoms with Crippen LogP contribution in [0, 0.1) is 0 Å². The highest BCUT2D eigenvalue weighted by molar-refractivity contribution is 6.60. The summed E-state index contributed by atoms with van der Waals surface area (Å²) in [5, 5.41) is 19.6. The molecule has 4 aromatic carbocycles. The van der Waals surface area contributed by atoms with Crippen molar-refractivity contribution in [3.63, 3.8) is 0 Å². The van der Waals surface area contributed by atoms with Crippen LogP contribution >= 0.6 is 0 Å². The highest BCUT2D eigenvalue weighted by atomic mass is 16.4. The first-order valence-electron chi connectivity index (χ1n) is 8.94. The summed E-state index contributed by atoms with van der Waals surface area (Å²) in [7, 11) is -1.51. The van der Waals surface area contributed by atoms with Crippen LogP contribution in [0.5, 0.6) is 0 Å². The van der Waals surface area contributed by atoms with Crippen molar-refractivity contribution in [1.29, 1.82) is 0 Å². The lowest BCUT2D eigenvalue weighted by atomic mass is 9.74. The van der Waals surface area contributed by atoms with Crippen molar-refractivity contribution in [3.05, 3.63) is 103 Å². The summed E-state index contributed by atoms with van der Waals surface area (Å²) in [6.45, 7) is 0. The summed E-state index contributed by atoms with van der Waals surface area (Å²) in [5.74, 6) is 0.